The number of amides is 2. The molecule has 1 saturated heterocycles. The van der Waals surface area contributed by atoms with E-state index in [1.54, 1.807) is 33.5 Å². The Morgan fingerprint density at radius 2 is 1.69 bits per heavy atom. The van der Waals surface area contributed by atoms with Crippen LogP contribution in [0.1, 0.15) is 56.2 Å². The number of imidazole rings is 1. The third kappa shape index (κ3) is 7.45. The highest BCUT2D eigenvalue weighted by molar-refractivity contribution is 5.84. The molecular weight excluding hydrogens is 648 g/mol. The van der Waals surface area contributed by atoms with E-state index >= 15 is 0 Å². The number of ether oxygens (including phenoxy) is 3. The Morgan fingerprint density at radius 3 is 2.39 bits per heavy atom. The van der Waals surface area contributed by atoms with E-state index in [0.29, 0.717) is 61.8 Å². The fourth-order valence-electron chi connectivity index (χ4n) is 7.38. The van der Waals surface area contributed by atoms with Crippen LogP contribution in [0.4, 0.5) is 11.6 Å². The second-order valence-electron chi connectivity index (χ2n) is 13.2. The normalized spacial score (nSPS) is 15.4. The Labute approximate surface area is 298 Å². The quantitative estimate of drug-likeness (QED) is 0.195. The van der Waals surface area contributed by atoms with Crippen LogP contribution in [0.25, 0.3) is 22.2 Å². The fourth-order valence-corrected chi connectivity index (χ4v) is 7.38. The average Bonchev–Trinajstić information content (AvgIpc) is 3.29. The molecule has 6 rings (SSSR count). The van der Waals surface area contributed by atoms with Crippen LogP contribution in [0.15, 0.2) is 53.3 Å². The lowest BCUT2D eigenvalue weighted by molar-refractivity contribution is -0.131. The van der Waals surface area contributed by atoms with E-state index < -0.39 is 0 Å². The number of nitrogens with one attached hydrogen (secondary N) is 2. The summed E-state index contributed by atoms with van der Waals surface area (Å²) in [7, 11) is 6.77. The number of hydrogen-bond acceptors (Lipinski definition) is 9. The molecular formula is C39H48N6O6. The van der Waals surface area contributed by atoms with Crippen LogP contribution < -0.4 is 35.2 Å². The number of rotatable bonds is 12. The van der Waals surface area contributed by atoms with E-state index in [1.807, 2.05) is 42.3 Å². The van der Waals surface area contributed by atoms with Crippen molar-refractivity contribution in [3.8, 4) is 28.4 Å². The predicted octanol–water partition coefficient (Wildman–Crippen LogP) is 5.07. The summed E-state index contributed by atoms with van der Waals surface area (Å²) in [5, 5.41) is 6.37. The van der Waals surface area contributed by atoms with Gasteiger partial charge in [0.2, 0.25) is 28.9 Å². The summed E-state index contributed by atoms with van der Waals surface area (Å²) < 4.78 is 19.3. The Bertz CT molecular complexity index is 1970. The molecule has 1 aliphatic carbocycles. The molecule has 2 N–H and O–H groups in total. The maximum atomic E-state index is 13.6. The van der Waals surface area contributed by atoms with Gasteiger partial charge >= 0.3 is 0 Å². The molecule has 1 aromatic heterocycles. The van der Waals surface area contributed by atoms with Crippen LogP contribution in [-0.4, -0.2) is 80.3 Å². The summed E-state index contributed by atoms with van der Waals surface area (Å²) in [5.74, 6) is 2.49. The highest BCUT2D eigenvalue weighted by Crippen LogP contribution is 2.50. The van der Waals surface area contributed by atoms with Crippen molar-refractivity contribution in [2.45, 2.75) is 51.5 Å². The monoisotopic (exact) mass is 696 g/mol. The molecule has 12 heteroatoms. The molecule has 1 atom stereocenters. The molecule has 2 heterocycles. The van der Waals surface area contributed by atoms with Gasteiger partial charge < -0.3 is 39.2 Å². The zero-order valence-electron chi connectivity index (χ0n) is 30.2. The number of piperazine rings is 1. The molecule has 2 amide bonds. The van der Waals surface area contributed by atoms with Crippen molar-refractivity contribution >= 4 is 34.5 Å². The van der Waals surface area contributed by atoms with Gasteiger partial charge in [-0.25, -0.2) is 4.98 Å². The van der Waals surface area contributed by atoms with Crippen molar-refractivity contribution in [1.29, 1.82) is 0 Å². The second kappa shape index (κ2) is 15.7. The molecule has 4 aromatic rings. The molecule has 0 saturated carbocycles. The van der Waals surface area contributed by atoms with Gasteiger partial charge in [-0.05, 0) is 72.7 Å². The second-order valence-corrected chi connectivity index (χ2v) is 13.2. The highest BCUT2D eigenvalue weighted by atomic mass is 16.5. The van der Waals surface area contributed by atoms with E-state index in [9.17, 15) is 14.4 Å². The molecule has 0 bridgehead atoms. The number of benzene rings is 2. The molecule has 270 valence electrons. The number of nitrogens with zero attached hydrogens (tertiary/aromatic N) is 4. The van der Waals surface area contributed by atoms with Crippen molar-refractivity contribution in [3.63, 3.8) is 0 Å². The number of carbonyl (C=O) groups is 2. The number of para-hydroxylation sites is 2. The number of hydrogen-bond donors (Lipinski definition) is 2. The van der Waals surface area contributed by atoms with Crippen LogP contribution in [0, 0.1) is 0 Å². The molecule has 51 heavy (non-hydrogen) atoms. The van der Waals surface area contributed by atoms with Crippen molar-refractivity contribution in [1.82, 2.24) is 19.8 Å². The van der Waals surface area contributed by atoms with Crippen LogP contribution >= 0.6 is 0 Å². The van der Waals surface area contributed by atoms with Crippen LogP contribution in [0.5, 0.6) is 17.2 Å². The minimum atomic E-state index is -0.366. The summed E-state index contributed by atoms with van der Waals surface area (Å²) in [6.07, 6.45) is 4.20. The molecule has 0 radical (unpaired) electrons. The topological polar surface area (TPSA) is 127 Å². The maximum absolute atomic E-state index is 13.6. The molecule has 3 aromatic carbocycles. The van der Waals surface area contributed by atoms with Gasteiger partial charge in [-0.2, -0.15) is 0 Å². The van der Waals surface area contributed by atoms with Crippen molar-refractivity contribution in [3.05, 3.63) is 69.9 Å². The Hall–Kier alpha value is -5.26. The van der Waals surface area contributed by atoms with Gasteiger partial charge in [0.15, 0.2) is 11.5 Å². The van der Waals surface area contributed by atoms with E-state index in [2.05, 4.69) is 26.2 Å². The Balaban J connectivity index is 1.06. The predicted molar refractivity (Wildman–Crippen MR) is 199 cm³/mol. The summed E-state index contributed by atoms with van der Waals surface area (Å²) in [6.45, 7) is 4.96. The smallest absolute Gasteiger partial charge is 0.222 e. The van der Waals surface area contributed by atoms with Gasteiger partial charge in [-0.15, -0.1) is 0 Å². The number of unbranched alkanes of at least 4 members (excludes halogenated alkanes) is 2. The summed E-state index contributed by atoms with van der Waals surface area (Å²) in [4.78, 5) is 47.8. The first-order chi connectivity index (χ1) is 24.7. The zero-order chi connectivity index (χ0) is 36.1. The highest BCUT2D eigenvalue weighted by Gasteiger charge is 2.30. The summed E-state index contributed by atoms with van der Waals surface area (Å²) in [6, 6.07) is 15.0. The molecule has 0 unspecified atom stereocenters. The first-order valence-corrected chi connectivity index (χ1v) is 17.7. The fraction of sp³-hybridized carbons (Fsp3) is 0.436. The molecule has 2 aliphatic rings. The summed E-state index contributed by atoms with van der Waals surface area (Å²) >= 11 is 0. The molecule has 1 fully saturated rings. The van der Waals surface area contributed by atoms with E-state index in [0.717, 1.165) is 71.6 Å². The number of methoxy groups -OCH3 is 3. The van der Waals surface area contributed by atoms with Crippen LogP contribution in [0.3, 0.4) is 0 Å². The van der Waals surface area contributed by atoms with Crippen molar-refractivity contribution in [2.75, 3.05) is 64.3 Å². The maximum Gasteiger partial charge on any atom is 0.222 e. The Kier molecular flexibility index (Phi) is 11.0. The number of fused-ring (bicyclic) bond motifs is 4. The lowest BCUT2D eigenvalue weighted by Gasteiger charge is -2.35. The first kappa shape index (κ1) is 35.6. The van der Waals surface area contributed by atoms with E-state index in [-0.39, 0.29) is 23.3 Å². The van der Waals surface area contributed by atoms with Gasteiger partial charge in [-0.3, -0.25) is 14.4 Å². The minimum Gasteiger partial charge on any atom is -0.493 e. The average molecular weight is 697 g/mol. The van der Waals surface area contributed by atoms with Gasteiger partial charge in [-0.1, -0.05) is 24.6 Å². The molecule has 0 spiro atoms. The van der Waals surface area contributed by atoms with Gasteiger partial charge in [0, 0.05) is 58.7 Å². The Morgan fingerprint density at radius 1 is 0.922 bits per heavy atom. The van der Waals surface area contributed by atoms with Gasteiger partial charge in [0.25, 0.3) is 0 Å². The van der Waals surface area contributed by atoms with Crippen LogP contribution in [0.2, 0.25) is 0 Å². The van der Waals surface area contributed by atoms with Crippen molar-refractivity contribution < 1.29 is 23.8 Å². The largest absolute Gasteiger partial charge is 0.493 e. The number of aryl methyl sites for hydroxylation is 2. The molecule has 1 aliphatic heterocycles. The lowest BCUT2D eigenvalue weighted by atomic mass is 9.95. The zero-order valence-corrected chi connectivity index (χ0v) is 30.2. The molecule has 12 nitrogen and oxygen atoms in total. The number of anilines is 2. The van der Waals surface area contributed by atoms with E-state index in [1.165, 1.54) is 6.92 Å². The standard InChI is InChI=1S/C39H48N6O6/c1-25(46)41-29-16-14-26-23-34(49-3)37(50-4)38(51-5)36(26)27-15-17-31(33(47)24-28(27)29)40-18-10-6-7-13-35(48)44-19-21-45(22-20-44)39-42-30-11-8-9-12-32(30)43(39)2/h8-9,11-12,15,17,23-24,29H,6-7,10,13-14,16,18-22H2,1-5H3,(H,40,47)(H,41,46)/t29-/m0/s1. The van der Waals surface area contributed by atoms with Gasteiger partial charge in [0.05, 0.1) is 44.1 Å². The first-order valence-electron chi connectivity index (χ1n) is 17.7. The number of aromatic nitrogens is 2. The summed E-state index contributed by atoms with van der Waals surface area (Å²) in [5.41, 5.74) is 5.70. The van der Waals surface area contributed by atoms with Gasteiger partial charge in [0.1, 0.15) is 0 Å². The SMILES string of the molecule is COc1cc2c(c(OC)c1OC)-c1ccc(NCCCCCC(=O)N3CCN(c4nc5ccccc5n4C)CC3)c(=O)cc1[C@@H](NC(C)=O)CC2. The minimum absolute atomic E-state index is 0.164. The lowest BCUT2D eigenvalue weighted by Crippen LogP contribution is -2.49. The van der Waals surface area contributed by atoms with Crippen molar-refractivity contribution in [2.24, 2.45) is 7.05 Å². The third-order valence-electron chi connectivity index (χ3n) is 9.98. The van der Waals surface area contributed by atoms with E-state index in [4.69, 9.17) is 19.2 Å². The number of carbonyl (C=O) groups excluding carboxylic acids is 2. The third-order valence-corrected chi connectivity index (χ3v) is 9.98. The van der Waals surface area contributed by atoms with Crippen LogP contribution in [-0.2, 0) is 23.1 Å².